The van der Waals surface area contributed by atoms with Gasteiger partial charge in [-0.1, -0.05) is 0 Å². The van der Waals surface area contributed by atoms with Gasteiger partial charge in [-0.25, -0.2) is 14.4 Å². The second kappa shape index (κ2) is 4.80. The van der Waals surface area contributed by atoms with E-state index in [2.05, 4.69) is 26.8 Å². The Bertz CT molecular complexity index is 408. The van der Waals surface area contributed by atoms with Crippen molar-refractivity contribution < 1.29 is 4.39 Å². The Labute approximate surface area is 107 Å². The second-order valence-corrected chi connectivity index (χ2v) is 5.42. The van der Waals surface area contributed by atoms with Gasteiger partial charge in [-0.15, -0.1) is 0 Å². The van der Waals surface area contributed by atoms with Gasteiger partial charge in [0.25, 0.3) is 0 Å². The highest BCUT2D eigenvalue weighted by Crippen LogP contribution is 2.31. The number of hydrogen-bond acceptors (Lipinski definition) is 4. The van der Waals surface area contributed by atoms with Gasteiger partial charge >= 0.3 is 0 Å². The Morgan fingerprint density at radius 1 is 1.22 bits per heavy atom. The molecule has 0 bridgehead atoms. The van der Waals surface area contributed by atoms with Gasteiger partial charge in [0, 0.05) is 19.1 Å². The van der Waals surface area contributed by atoms with Gasteiger partial charge in [0.2, 0.25) is 5.95 Å². The minimum absolute atomic E-state index is 0.365. The van der Waals surface area contributed by atoms with E-state index in [4.69, 9.17) is 0 Å². The molecule has 2 aliphatic rings. The first-order valence-corrected chi connectivity index (χ1v) is 6.67. The number of halogens is 1. The van der Waals surface area contributed by atoms with Crippen LogP contribution >= 0.6 is 0 Å². The van der Waals surface area contributed by atoms with Crippen molar-refractivity contribution in [2.24, 2.45) is 5.92 Å². The minimum Gasteiger partial charge on any atom is -0.337 e. The molecular formula is C13H19FN4. The fourth-order valence-electron chi connectivity index (χ4n) is 3.29. The van der Waals surface area contributed by atoms with Crippen molar-refractivity contribution in [3.05, 3.63) is 18.2 Å². The van der Waals surface area contributed by atoms with Gasteiger partial charge < -0.3 is 9.80 Å². The summed E-state index contributed by atoms with van der Waals surface area (Å²) in [6, 6.07) is 0.528. The van der Waals surface area contributed by atoms with Crippen LogP contribution in [0.4, 0.5) is 10.3 Å². The lowest BCUT2D eigenvalue weighted by Gasteiger charge is -2.46. The SMILES string of the molecule is CN1CCC2C(CCCN2c2ncc(F)cn2)C1. The van der Waals surface area contributed by atoms with E-state index in [1.54, 1.807) is 0 Å². The van der Waals surface area contributed by atoms with Crippen molar-refractivity contribution in [2.75, 3.05) is 31.6 Å². The molecule has 1 aromatic rings. The smallest absolute Gasteiger partial charge is 0.225 e. The predicted molar refractivity (Wildman–Crippen MR) is 68.0 cm³/mol. The largest absolute Gasteiger partial charge is 0.337 e. The van der Waals surface area contributed by atoms with Gasteiger partial charge in [0.15, 0.2) is 5.82 Å². The second-order valence-electron chi connectivity index (χ2n) is 5.42. The van der Waals surface area contributed by atoms with Crippen LogP contribution in [0.5, 0.6) is 0 Å². The van der Waals surface area contributed by atoms with Crippen LogP contribution in [0, 0.1) is 11.7 Å². The zero-order valence-corrected chi connectivity index (χ0v) is 10.7. The fourth-order valence-corrected chi connectivity index (χ4v) is 3.29. The highest BCUT2D eigenvalue weighted by molar-refractivity contribution is 5.32. The molecule has 3 rings (SSSR count). The summed E-state index contributed by atoms with van der Waals surface area (Å²) >= 11 is 0. The topological polar surface area (TPSA) is 32.3 Å². The van der Waals surface area contributed by atoms with Crippen LogP contribution in [0.3, 0.4) is 0 Å². The molecule has 2 saturated heterocycles. The van der Waals surface area contributed by atoms with Gasteiger partial charge in [-0.05, 0) is 38.8 Å². The predicted octanol–water partition coefficient (Wildman–Crippen LogP) is 1.54. The molecule has 18 heavy (non-hydrogen) atoms. The van der Waals surface area contributed by atoms with Gasteiger partial charge in [0.1, 0.15) is 0 Å². The Hall–Kier alpha value is -1.23. The molecule has 2 atom stereocenters. The molecule has 4 nitrogen and oxygen atoms in total. The average molecular weight is 250 g/mol. The van der Waals surface area contributed by atoms with Crippen LogP contribution in [-0.4, -0.2) is 47.6 Å². The molecule has 2 unspecified atom stereocenters. The van der Waals surface area contributed by atoms with Crippen LogP contribution in [-0.2, 0) is 0 Å². The number of rotatable bonds is 1. The number of fused-ring (bicyclic) bond motifs is 1. The number of anilines is 1. The Balaban J connectivity index is 1.81. The van der Waals surface area contributed by atoms with Crippen LogP contribution in [0.25, 0.3) is 0 Å². The summed E-state index contributed by atoms with van der Waals surface area (Å²) in [5.74, 6) is 1.03. The summed E-state index contributed by atoms with van der Waals surface area (Å²) < 4.78 is 12.9. The molecule has 3 heterocycles. The number of piperidine rings is 2. The maximum atomic E-state index is 12.9. The van der Waals surface area contributed by atoms with Crippen LogP contribution in [0.15, 0.2) is 12.4 Å². The molecule has 0 spiro atoms. The van der Waals surface area contributed by atoms with E-state index in [-0.39, 0.29) is 5.82 Å². The zero-order chi connectivity index (χ0) is 12.5. The summed E-state index contributed by atoms with van der Waals surface area (Å²) in [4.78, 5) is 13.0. The number of hydrogen-bond donors (Lipinski definition) is 0. The van der Waals surface area contributed by atoms with Crippen molar-refractivity contribution in [1.82, 2.24) is 14.9 Å². The normalized spacial score (nSPS) is 29.1. The van der Waals surface area contributed by atoms with Crippen molar-refractivity contribution in [3.63, 3.8) is 0 Å². The van der Waals surface area contributed by atoms with E-state index in [0.29, 0.717) is 17.9 Å². The summed E-state index contributed by atoms with van der Waals surface area (Å²) in [7, 11) is 2.18. The van der Waals surface area contributed by atoms with Gasteiger partial charge in [0.05, 0.1) is 12.4 Å². The standard InChI is InChI=1S/C13H19FN4/c1-17-6-4-12-10(9-17)3-2-5-18(12)13-15-7-11(14)8-16-13/h7-8,10,12H,2-6,9H2,1H3. The summed E-state index contributed by atoms with van der Waals surface area (Å²) in [6.07, 6.45) is 6.14. The summed E-state index contributed by atoms with van der Waals surface area (Å²) in [5, 5.41) is 0. The Kier molecular flexibility index (Phi) is 3.16. The molecule has 0 aliphatic carbocycles. The molecule has 0 aromatic carbocycles. The first kappa shape index (κ1) is 11.8. The lowest BCUT2D eigenvalue weighted by molar-refractivity contribution is 0.153. The third kappa shape index (κ3) is 2.19. The molecule has 98 valence electrons. The summed E-state index contributed by atoms with van der Waals surface area (Å²) in [5.41, 5.74) is 0. The van der Waals surface area contributed by atoms with E-state index >= 15 is 0 Å². The fraction of sp³-hybridized carbons (Fsp3) is 0.692. The van der Waals surface area contributed by atoms with E-state index in [1.165, 1.54) is 25.2 Å². The van der Waals surface area contributed by atoms with Crippen molar-refractivity contribution in [1.29, 1.82) is 0 Å². The zero-order valence-electron chi connectivity index (χ0n) is 10.7. The number of likely N-dealkylation sites (tertiary alicyclic amines) is 1. The number of aromatic nitrogens is 2. The lowest BCUT2D eigenvalue weighted by atomic mass is 9.84. The van der Waals surface area contributed by atoms with Gasteiger partial charge in [-0.3, -0.25) is 0 Å². The maximum absolute atomic E-state index is 12.9. The van der Waals surface area contributed by atoms with Crippen LogP contribution < -0.4 is 4.90 Å². The molecule has 0 amide bonds. The van der Waals surface area contributed by atoms with E-state index in [0.717, 1.165) is 26.1 Å². The molecule has 5 heteroatoms. The van der Waals surface area contributed by atoms with Gasteiger partial charge in [-0.2, -0.15) is 0 Å². The molecule has 0 N–H and O–H groups in total. The van der Waals surface area contributed by atoms with Crippen LogP contribution in [0.2, 0.25) is 0 Å². The van der Waals surface area contributed by atoms with Crippen molar-refractivity contribution in [3.8, 4) is 0 Å². The molecule has 0 radical (unpaired) electrons. The quantitative estimate of drug-likeness (QED) is 0.757. The maximum Gasteiger partial charge on any atom is 0.225 e. The summed E-state index contributed by atoms with van der Waals surface area (Å²) in [6.45, 7) is 3.28. The van der Waals surface area contributed by atoms with Crippen LogP contribution in [0.1, 0.15) is 19.3 Å². The minimum atomic E-state index is -0.365. The Morgan fingerprint density at radius 2 is 2.00 bits per heavy atom. The third-order valence-electron chi connectivity index (χ3n) is 4.13. The monoisotopic (exact) mass is 250 g/mol. The van der Waals surface area contributed by atoms with Crippen molar-refractivity contribution >= 4 is 5.95 Å². The molecule has 2 aliphatic heterocycles. The molecule has 2 fully saturated rings. The third-order valence-corrected chi connectivity index (χ3v) is 4.13. The Morgan fingerprint density at radius 3 is 2.78 bits per heavy atom. The number of nitrogens with zero attached hydrogens (tertiary/aromatic N) is 4. The molecule has 0 saturated carbocycles. The van der Waals surface area contributed by atoms with E-state index < -0.39 is 0 Å². The highest BCUT2D eigenvalue weighted by atomic mass is 19.1. The molecule has 1 aromatic heterocycles. The van der Waals surface area contributed by atoms with Crippen molar-refractivity contribution in [2.45, 2.75) is 25.3 Å². The van der Waals surface area contributed by atoms with E-state index in [1.807, 2.05) is 0 Å². The highest BCUT2D eigenvalue weighted by Gasteiger charge is 2.35. The van der Waals surface area contributed by atoms with E-state index in [9.17, 15) is 4.39 Å². The average Bonchev–Trinajstić information content (AvgIpc) is 2.38. The molecular weight excluding hydrogens is 231 g/mol. The lowest BCUT2D eigenvalue weighted by Crippen LogP contribution is -2.53. The first-order chi connectivity index (χ1) is 8.74. The first-order valence-electron chi connectivity index (χ1n) is 6.67.